The fourth-order valence-electron chi connectivity index (χ4n) is 4.43. The lowest BCUT2D eigenvalue weighted by atomic mass is 9.92. The van der Waals surface area contributed by atoms with E-state index in [0.29, 0.717) is 40.4 Å². The van der Waals surface area contributed by atoms with Crippen LogP contribution in [-0.4, -0.2) is 36.3 Å². The Morgan fingerprint density at radius 1 is 1.16 bits per heavy atom. The minimum absolute atomic E-state index is 0.0383. The van der Waals surface area contributed by atoms with E-state index in [4.69, 9.17) is 14.2 Å². The molecule has 2 aromatic carbocycles. The van der Waals surface area contributed by atoms with Crippen LogP contribution in [0.1, 0.15) is 28.5 Å². The van der Waals surface area contributed by atoms with Crippen LogP contribution in [0.15, 0.2) is 36.4 Å². The normalized spacial score (nSPS) is 12.0. The summed E-state index contributed by atoms with van der Waals surface area (Å²) in [4.78, 5) is 24.2. The smallest absolute Gasteiger partial charge is 0.340 e. The second-order valence-corrected chi connectivity index (χ2v) is 7.48. The number of carbonyl (C=O) groups excluding carboxylic acids is 1. The number of nitrogens with zero attached hydrogens (tertiary/aromatic N) is 2. The Labute approximate surface area is 185 Å². The van der Waals surface area contributed by atoms with Crippen molar-refractivity contribution in [3.05, 3.63) is 63.3 Å². The van der Waals surface area contributed by atoms with Crippen molar-refractivity contribution in [1.29, 1.82) is 0 Å². The maximum Gasteiger partial charge on any atom is 0.340 e. The molecule has 0 unspecified atom stereocenters. The van der Waals surface area contributed by atoms with Gasteiger partial charge in [0, 0.05) is 41.6 Å². The van der Waals surface area contributed by atoms with Gasteiger partial charge in [0.05, 0.1) is 37.0 Å². The summed E-state index contributed by atoms with van der Waals surface area (Å²) in [5.74, 6) is 0.791. The minimum atomic E-state index is -0.475. The number of rotatable bonds is 6. The highest BCUT2D eigenvalue weighted by molar-refractivity contribution is 6.06. The molecular weight excluding hydrogens is 412 g/mol. The Morgan fingerprint density at radius 2 is 1.94 bits per heavy atom. The molecule has 0 bridgehead atoms. The van der Waals surface area contributed by atoms with E-state index in [1.54, 1.807) is 39.3 Å². The molecule has 0 saturated heterocycles. The molecule has 0 saturated carbocycles. The number of aryl methyl sites for hydroxylation is 1. The molecule has 1 aliphatic heterocycles. The number of nitro benzene ring substituents is 1. The number of aromatic nitrogens is 1. The van der Waals surface area contributed by atoms with E-state index in [9.17, 15) is 14.9 Å². The summed E-state index contributed by atoms with van der Waals surface area (Å²) in [6.45, 7) is 4.52. The summed E-state index contributed by atoms with van der Waals surface area (Å²) in [5, 5.41) is 11.4. The van der Waals surface area contributed by atoms with Crippen LogP contribution in [-0.2, 0) is 17.7 Å². The largest absolute Gasteiger partial charge is 0.497 e. The third kappa shape index (κ3) is 3.37. The molecule has 8 heteroatoms. The first kappa shape index (κ1) is 21.4. The number of non-ortho nitro benzene ring substituents is 1. The van der Waals surface area contributed by atoms with Gasteiger partial charge in [-0.1, -0.05) is 12.1 Å². The summed E-state index contributed by atoms with van der Waals surface area (Å²) in [6, 6.07) is 10.1. The van der Waals surface area contributed by atoms with Crippen LogP contribution in [0.25, 0.3) is 22.4 Å². The molecule has 0 fully saturated rings. The highest BCUT2D eigenvalue weighted by Gasteiger charge is 2.33. The van der Waals surface area contributed by atoms with Gasteiger partial charge in [-0.3, -0.25) is 10.1 Å². The Hall–Kier alpha value is -3.81. The Balaban J connectivity index is 2.07. The number of benzene rings is 2. The number of ether oxygens (including phenoxy) is 3. The number of fused-ring (bicyclic) bond motifs is 3. The van der Waals surface area contributed by atoms with E-state index in [1.807, 2.05) is 13.0 Å². The number of hydrogen-bond donors (Lipinski definition) is 0. The molecule has 1 aromatic heterocycles. The minimum Gasteiger partial charge on any atom is -0.497 e. The van der Waals surface area contributed by atoms with E-state index in [-0.39, 0.29) is 12.3 Å². The zero-order valence-corrected chi connectivity index (χ0v) is 18.4. The zero-order valence-electron chi connectivity index (χ0n) is 18.4. The van der Waals surface area contributed by atoms with Gasteiger partial charge in [0.25, 0.3) is 5.69 Å². The molecule has 1 aliphatic rings. The molecule has 0 N–H and O–H groups in total. The lowest BCUT2D eigenvalue weighted by Gasteiger charge is -2.24. The van der Waals surface area contributed by atoms with Crippen LogP contribution in [0.3, 0.4) is 0 Å². The first-order valence-corrected chi connectivity index (χ1v) is 10.3. The van der Waals surface area contributed by atoms with Gasteiger partial charge in [-0.05, 0) is 37.5 Å². The lowest BCUT2D eigenvalue weighted by Crippen LogP contribution is -2.15. The van der Waals surface area contributed by atoms with Crippen molar-refractivity contribution < 1.29 is 23.9 Å². The molecule has 32 heavy (non-hydrogen) atoms. The fourth-order valence-corrected chi connectivity index (χ4v) is 4.43. The quantitative estimate of drug-likeness (QED) is 0.313. The van der Waals surface area contributed by atoms with E-state index in [2.05, 4.69) is 4.57 Å². The Morgan fingerprint density at radius 3 is 2.59 bits per heavy atom. The molecule has 0 amide bonds. The predicted molar refractivity (Wildman–Crippen MR) is 119 cm³/mol. The van der Waals surface area contributed by atoms with Gasteiger partial charge in [0.2, 0.25) is 0 Å². The number of hydrogen-bond acceptors (Lipinski definition) is 6. The molecule has 166 valence electrons. The van der Waals surface area contributed by atoms with Gasteiger partial charge < -0.3 is 18.8 Å². The standard InChI is InChI=1S/C24H24N2O6/c1-5-32-24(27)22-20(15-7-6-8-17(11-15)26(28)29)14(2)25-10-9-16-12-18(30-3)13-19(31-4)21(16)23(22)25/h6-8,11-13H,5,9-10H2,1-4H3. The van der Waals surface area contributed by atoms with Crippen molar-refractivity contribution in [2.45, 2.75) is 26.8 Å². The Kier molecular flexibility index (Phi) is 5.61. The molecule has 0 aliphatic carbocycles. The van der Waals surface area contributed by atoms with E-state index in [0.717, 1.165) is 23.2 Å². The van der Waals surface area contributed by atoms with Crippen LogP contribution in [0.4, 0.5) is 5.69 Å². The molecule has 2 heterocycles. The summed E-state index contributed by atoms with van der Waals surface area (Å²) in [6.07, 6.45) is 0.724. The van der Waals surface area contributed by atoms with Gasteiger partial charge in [-0.2, -0.15) is 0 Å². The van der Waals surface area contributed by atoms with Crippen molar-refractivity contribution in [3.63, 3.8) is 0 Å². The van der Waals surface area contributed by atoms with Crippen LogP contribution in [0.5, 0.6) is 11.5 Å². The van der Waals surface area contributed by atoms with Crippen LogP contribution >= 0.6 is 0 Å². The molecule has 0 radical (unpaired) electrons. The van der Waals surface area contributed by atoms with Gasteiger partial charge in [-0.25, -0.2) is 4.79 Å². The highest BCUT2D eigenvalue weighted by atomic mass is 16.6. The molecule has 8 nitrogen and oxygen atoms in total. The zero-order chi connectivity index (χ0) is 23.0. The van der Waals surface area contributed by atoms with Crippen LogP contribution in [0, 0.1) is 17.0 Å². The summed E-state index contributed by atoms with van der Waals surface area (Å²) >= 11 is 0. The Bertz CT molecular complexity index is 1210. The maximum absolute atomic E-state index is 13.2. The monoisotopic (exact) mass is 436 g/mol. The van der Waals surface area contributed by atoms with Crippen LogP contribution < -0.4 is 9.47 Å². The summed E-state index contributed by atoms with van der Waals surface area (Å²) < 4.78 is 18.6. The first-order valence-electron chi connectivity index (χ1n) is 10.3. The average molecular weight is 436 g/mol. The van der Waals surface area contributed by atoms with E-state index < -0.39 is 10.9 Å². The van der Waals surface area contributed by atoms with Crippen molar-refractivity contribution in [2.75, 3.05) is 20.8 Å². The van der Waals surface area contributed by atoms with E-state index >= 15 is 0 Å². The third-order valence-corrected chi connectivity index (χ3v) is 5.80. The molecule has 3 aromatic rings. The molecular formula is C24H24N2O6. The van der Waals surface area contributed by atoms with Crippen molar-refractivity contribution in [3.8, 4) is 33.9 Å². The fraction of sp³-hybridized carbons (Fsp3) is 0.292. The summed E-state index contributed by atoms with van der Waals surface area (Å²) in [7, 11) is 3.18. The first-order chi connectivity index (χ1) is 15.4. The lowest BCUT2D eigenvalue weighted by molar-refractivity contribution is -0.384. The highest BCUT2D eigenvalue weighted by Crippen LogP contribution is 2.47. The third-order valence-electron chi connectivity index (χ3n) is 5.80. The SMILES string of the molecule is CCOC(=O)c1c(-c2cccc([N+](=O)[O-])c2)c(C)n2c1-c1c(cc(OC)cc1OC)CC2. The van der Waals surface area contributed by atoms with Crippen molar-refractivity contribution in [1.82, 2.24) is 4.57 Å². The maximum atomic E-state index is 13.2. The topological polar surface area (TPSA) is 92.8 Å². The number of nitro groups is 1. The molecule has 0 spiro atoms. The number of carbonyl (C=O) groups is 1. The van der Waals surface area contributed by atoms with Gasteiger partial charge >= 0.3 is 5.97 Å². The van der Waals surface area contributed by atoms with Gasteiger partial charge in [0.1, 0.15) is 11.5 Å². The molecule has 0 atom stereocenters. The second kappa shape index (κ2) is 8.37. The van der Waals surface area contributed by atoms with Gasteiger partial charge in [-0.15, -0.1) is 0 Å². The number of methoxy groups -OCH3 is 2. The van der Waals surface area contributed by atoms with Crippen molar-refractivity contribution in [2.24, 2.45) is 0 Å². The second-order valence-electron chi connectivity index (χ2n) is 7.48. The van der Waals surface area contributed by atoms with Crippen molar-refractivity contribution >= 4 is 11.7 Å². The summed E-state index contributed by atoms with van der Waals surface area (Å²) in [5.41, 5.74) is 4.92. The predicted octanol–water partition coefficient (Wildman–Crippen LogP) is 4.79. The number of esters is 1. The average Bonchev–Trinajstić information content (AvgIpc) is 3.10. The molecule has 4 rings (SSSR count). The van der Waals surface area contributed by atoms with E-state index in [1.165, 1.54) is 12.1 Å². The van der Waals surface area contributed by atoms with Gasteiger partial charge in [0.15, 0.2) is 0 Å². The van der Waals surface area contributed by atoms with Crippen LogP contribution in [0.2, 0.25) is 0 Å².